The largest absolute Gasteiger partial charge is 0.496 e. The van der Waals surface area contributed by atoms with Crippen molar-refractivity contribution >= 4 is 5.69 Å². The molecule has 1 aromatic heterocycles. The Bertz CT molecular complexity index is 882. The highest BCUT2D eigenvalue weighted by Crippen LogP contribution is 2.35. The predicted octanol–water partition coefficient (Wildman–Crippen LogP) is 4.34. The molecule has 3 rings (SSSR count). The Hall–Kier alpha value is -2.30. The van der Waals surface area contributed by atoms with Gasteiger partial charge in [0.05, 0.1) is 18.4 Å². The van der Waals surface area contributed by atoms with E-state index in [1.165, 1.54) is 17.5 Å². The van der Waals surface area contributed by atoms with Crippen LogP contribution in [0.4, 0.5) is 5.69 Å². The van der Waals surface area contributed by atoms with Crippen LogP contribution >= 0.6 is 0 Å². The highest BCUT2D eigenvalue weighted by molar-refractivity contribution is 5.69. The summed E-state index contributed by atoms with van der Waals surface area (Å²) in [5, 5.41) is 3.41. The van der Waals surface area contributed by atoms with Gasteiger partial charge in [-0.05, 0) is 69.2 Å². The van der Waals surface area contributed by atoms with E-state index in [0.717, 1.165) is 42.7 Å². The van der Waals surface area contributed by atoms with Gasteiger partial charge in [-0.1, -0.05) is 13.8 Å². The van der Waals surface area contributed by atoms with E-state index in [2.05, 4.69) is 31.3 Å². The molecule has 146 valence electrons. The number of methoxy groups -OCH3 is 1. The molecule has 0 bridgehead atoms. The molecule has 27 heavy (non-hydrogen) atoms. The molecule has 0 atom stereocenters. The Kier molecular flexibility index (Phi) is 5.88. The summed E-state index contributed by atoms with van der Waals surface area (Å²) in [6.45, 7) is 8.73. The number of hydrogen-bond acceptors (Lipinski definition) is 4. The smallest absolute Gasteiger partial charge is 0.277 e. The predicted molar refractivity (Wildman–Crippen MR) is 111 cm³/mol. The van der Waals surface area contributed by atoms with Gasteiger partial charge in [-0.25, -0.2) is 4.98 Å². The van der Waals surface area contributed by atoms with E-state index in [9.17, 15) is 4.79 Å². The highest BCUT2D eigenvalue weighted by Gasteiger charge is 2.22. The van der Waals surface area contributed by atoms with Gasteiger partial charge in [-0.2, -0.15) is 0 Å². The molecule has 5 nitrogen and oxygen atoms in total. The molecule has 0 unspecified atom stereocenters. The minimum atomic E-state index is -0.00514. The first kappa shape index (κ1) is 19.5. The van der Waals surface area contributed by atoms with Gasteiger partial charge in [0.1, 0.15) is 17.3 Å². The van der Waals surface area contributed by atoms with Gasteiger partial charge in [-0.3, -0.25) is 9.36 Å². The monoisotopic (exact) mass is 369 g/mol. The van der Waals surface area contributed by atoms with Crippen LogP contribution in [0.1, 0.15) is 56.9 Å². The minimum Gasteiger partial charge on any atom is -0.496 e. The Labute approximate surface area is 161 Å². The Balaban J connectivity index is 2.16. The summed E-state index contributed by atoms with van der Waals surface area (Å²) < 4.78 is 7.42. The number of anilines is 1. The fraction of sp³-hybridized carbons (Fsp3) is 0.545. The lowest BCUT2D eigenvalue weighted by Crippen LogP contribution is -2.30. The molecular formula is C22H31N3O2. The van der Waals surface area contributed by atoms with E-state index in [4.69, 9.17) is 9.72 Å². The summed E-state index contributed by atoms with van der Waals surface area (Å²) in [5.41, 5.74) is 4.97. The second-order valence-electron chi connectivity index (χ2n) is 7.28. The average Bonchev–Trinajstić information content (AvgIpc) is 3.14. The lowest BCUT2D eigenvalue weighted by molar-refractivity contribution is 0.415. The van der Waals surface area contributed by atoms with Crippen molar-refractivity contribution in [2.75, 3.05) is 12.4 Å². The van der Waals surface area contributed by atoms with Crippen molar-refractivity contribution in [3.63, 3.8) is 0 Å². The van der Waals surface area contributed by atoms with Crippen molar-refractivity contribution in [2.45, 2.75) is 72.4 Å². The summed E-state index contributed by atoms with van der Waals surface area (Å²) in [5.74, 6) is 1.49. The van der Waals surface area contributed by atoms with Crippen LogP contribution in [0.2, 0.25) is 0 Å². The zero-order valence-electron chi connectivity index (χ0n) is 17.2. The zero-order valence-corrected chi connectivity index (χ0v) is 17.2. The third-order valence-electron chi connectivity index (χ3n) is 5.66. The molecule has 0 aliphatic heterocycles. The maximum Gasteiger partial charge on any atom is 0.277 e. The summed E-state index contributed by atoms with van der Waals surface area (Å²) in [7, 11) is 1.68. The van der Waals surface area contributed by atoms with Crippen LogP contribution in [0, 0.1) is 6.92 Å². The van der Waals surface area contributed by atoms with Crippen molar-refractivity contribution in [1.29, 1.82) is 0 Å². The number of hydrogen-bond donors (Lipinski definition) is 1. The van der Waals surface area contributed by atoms with Crippen LogP contribution in [0.25, 0.3) is 11.4 Å². The summed E-state index contributed by atoms with van der Waals surface area (Å²) in [6, 6.07) is 4.57. The number of ether oxygens (including phenoxy) is 1. The van der Waals surface area contributed by atoms with Crippen LogP contribution in [0.15, 0.2) is 16.9 Å². The first-order valence-electron chi connectivity index (χ1n) is 10.1. The number of fused-ring (bicyclic) bond motifs is 1. The summed E-state index contributed by atoms with van der Waals surface area (Å²) >= 11 is 0. The molecule has 0 saturated carbocycles. The van der Waals surface area contributed by atoms with Crippen LogP contribution in [0.5, 0.6) is 5.75 Å². The van der Waals surface area contributed by atoms with Gasteiger partial charge in [0.15, 0.2) is 0 Å². The van der Waals surface area contributed by atoms with Gasteiger partial charge in [0.25, 0.3) is 5.56 Å². The lowest BCUT2D eigenvalue weighted by atomic mass is 10.0. The number of aryl methyl sites for hydroxylation is 3. The van der Waals surface area contributed by atoms with Crippen LogP contribution in [-0.4, -0.2) is 22.7 Å². The molecular weight excluding hydrogens is 338 g/mol. The van der Waals surface area contributed by atoms with Crippen molar-refractivity contribution in [3.8, 4) is 17.1 Å². The highest BCUT2D eigenvalue weighted by atomic mass is 16.5. The number of rotatable bonds is 7. The van der Waals surface area contributed by atoms with E-state index >= 15 is 0 Å². The topological polar surface area (TPSA) is 56.2 Å². The lowest BCUT2D eigenvalue weighted by Gasteiger charge is -2.21. The SMILES string of the molecule is CCC(CC)Nc1c(C)nc(-c2cc3c(cc2OC)CCC3)n(CC)c1=O. The molecule has 1 N–H and O–H groups in total. The number of aromatic nitrogens is 2. The molecule has 0 spiro atoms. The molecule has 1 aliphatic rings. The second kappa shape index (κ2) is 8.15. The molecule has 1 aromatic carbocycles. The van der Waals surface area contributed by atoms with Gasteiger partial charge >= 0.3 is 0 Å². The maximum atomic E-state index is 13.2. The molecule has 0 amide bonds. The van der Waals surface area contributed by atoms with E-state index in [1.807, 2.05) is 13.8 Å². The molecule has 0 fully saturated rings. The van der Waals surface area contributed by atoms with Crippen molar-refractivity contribution in [1.82, 2.24) is 9.55 Å². The number of benzene rings is 1. The third-order valence-corrected chi connectivity index (χ3v) is 5.66. The van der Waals surface area contributed by atoms with Crippen LogP contribution in [0.3, 0.4) is 0 Å². The number of nitrogens with zero attached hydrogens (tertiary/aromatic N) is 2. The first-order chi connectivity index (χ1) is 13.0. The maximum absolute atomic E-state index is 13.2. The Morgan fingerprint density at radius 1 is 1.19 bits per heavy atom. The number of nitrogens with one attached hydrogen (secondary N) is 1. The van der Waals surface area contributed by atoms with Gasteiger partial charge < -0.3 is 10.1 Å². The fourth-order valence-corrected chi connectivity index (χ4v) is 3.97. The molecule has 0 radical (unpaired) electrons. The van der Waals surface area contributed by atoms with E-state index in [1.54, 1.807) is 11.7 Å². The molecule has 2 aromatic rings. The summed E-state index contributed by atoms with van der Waals surface area (Å²) in [4.78, 5) is 18.1. The van der Waals surface area contributed by atoms with Crippen molar-refractivity contribution < 1.29 is 4.74 Å². The molecule has 1 heterocycles. The van der Waals surface area contributed by atoms with E-state index < -0.39 is 0 Å². The fourth-order valence-electron chi connectivity index (χ4n) is 3.97. The van der Waals surface area contributed by atoms with Gasteiger partial charge in [-0.15, -0.1) is 0 Å². The Morgan fingerprint density at radius 2 is 1.85 bits per heavy atom. The van der Waals surface area contributed by atoms with Crippen LogP contribution in [-0.2, 0) is 19.4 Å². The van der Waals surface area contributed by atoms with Crippen molar-refractivity contribution in [2.24, 2.45) is 0 Å². The zero-order chi connectivity index (χ0) is 19.6. The molecule has 5 heteroatoms. The van der Waals surface area contributed by atoms with E-state index in [-0.39, 0.29) is 11.6 Å². The molecule has 1 aliphatic carbocycles. The Morgan fingerprint density at radius 3 is 2.44 bits per heavy atom. The van der Waals surface area contributed by atoms with Gasteiger partial charge in [0, 0.05) is 12.6 Å². The van der Waals surface area contributed by atoms with Crippen molar-refractivity contribution in [3.05, 3.63) is 39.3 Å². The van der Waals surface area contributed by atoms with Crippen LogP contribution < -0.4 is 15.6 Å². The minimum absolute atomic E-state index is 0.00514. The van der Waals surface area contributed by atoms with E-state index in [0.29, 0.717) is 18.1 Å². The summed E-state index contributed by atoms with van der Waals surface area (Å²) in [6.07, 6.45) is 5.30. The normalized spacial score (nSPS) is 13.1. The molecule has 0 saturated heterocycles. The standard InChI is InChI=1S/C22H31N3O2/c1-6-17(7-2)24-20-14(4)23-21(25(8-3)22(20)26)18-12-15-10-9-11-16(15)13-19(18)27-5/h12-13,17,24H,6-11H2,1-5H3. The quantitative estimate of drug-likeness (QED) is 0.789. The van der Waals surface area contributed by atoms with Gasteiger partial charge in [0.2, 0.25) is 0 Å². The third kappa shape index (κ3) is 3.60. The second-order valence-corrected chi connectivity index (χ2v) is 7.28. The first-order valence-corrected chi connectivity index (χ1v) is 10.1. The average molecular weight is 370 g/mol.